The van der Waals surface area contributed by atoms with Crippen LogP contribution in [-0.4, -0.2) is 9.38 Å². The number of nitrogens with zero attached hydrogens (tertiary/aromatic N) is 2. The molecule has 3 heterocycles. The molecule has 0 bridgehead atoms. The van der Waals surface area contributed by atoms with Gasteiger partial charge in [0.25, 0.3) is 0 Å². The minimum atomic E-state index is 0.716. The number of aromatic nitrogens is 2. The van der Waals surface area contributed by atoms with Crippen molar-refractivity contribution < 1.29 is 4.42 Å². The maximum absolute atomic E-state index is 6.17. The van der Waals surface area contributed by atoms with E-state index in [4.69, 9.17) is 21.0 Å². The SMILES string of the molecule is Cc1cc2nc(-c3ccco3)c(Cc3cccc(Cl)c3)n2c(C)c1Br. The number of fused-ring (bicyclic) bond motifs is 1. The molecule has 3 nitrogen and oxygen atoms in total. The number of benzene rings is 1. The zero-order valence-electron chi connectivity index (χ0n) is 13.9. The predicted molar refractivity (Wildman–Crippen MR) is 104 cm³/mol. The van der Waals surface area contributed by atoms with E-state index in [1.165, 1.54) is 0 Å². The number of pyridine rings is 1. The van der Waals surface area contributed by atoms with Crippen LogP contribution >= 0.6 is 27.5 Å². The second-order valence-corrected chi connectivity index (χ2v) is 7.34. The van der Waals surface area contributed by atoms with Crippen LogP contribution in [0.4, 0.5) is 0 Å². The molecule has 0 aliphatic carbocycles. The Morgan fingerprint density at radius 1 is 1.16 bits per heavy atom. The van der Waals surface area contributed by atoms with Gasteiger partial charge in [0.1, 0.15) is 11.3 Å². The normalized spacial score (nSPS) is 11.4. The molecule has 0 radical (unpaired) electrons. The molecule has 126 valence electrons. The van der Waals surface area contributed by atoms with Crippen LogP contribution in [0.25, 0.3) is 17.1 Å². The van der Waals surface area contributed by atoms with Crippen molar-refractivity contribution in [2.75, 3.05) is 0 Å². The molecule has 25 heavy (non-hydrogen) atoms. The topological polar surface area (TPSA) is 30.4 Å². The number of imidazole rings is 1. The Labute approximate surface area is 159 Å². The number of hydrogen-bond donors (Lipinski definition) is 0. The Bertz CT molecular complexity index is 1070. The van der Waals surface area contributed by atoms with Gasteiger partial charge in [0.2, 0.25) is 0 Å². The van der Waals surface area contributed by atoms with E-state index < -0.39 is 0 Å². The Hall–Kier alpha value is -2.04. The number of furan rings is 1. The summed E-state index contributed by atoms with van der Waals surface area (Å²) in [5, 5.41) is 0.736. The highest BCUT2D eigenvalue weighted by molar-refractivity contribution is 9.10. The third-order valence-electron chi connectivity index (χ3n) is 4.36. The average molecular weight is 416 g/mol. The van der Waals surface area contributed by atoms with Crippen LogP contribution in [-0.2, 0) is 6.42 Å². The fourth-order valence-corrected chi connectivity index (χ4v) is 3.70. The summed E-state index contributed by atoms with van der Waals surface area (Å²) in [4.78, 5) is 4.85. The van der Waals surface area contributed by atoms with Gasteiger partial charge < -0.3 is 4.42 Å². The van der Waals surface area contributed by atoms with Gasteiger partial charge in [-0.05, 0) is 71.2 Å². The maximum Gasteiger partial charge on any atom is 0.154 e. The van der Waals surface area contributed by atoms with Gasteiger partial charge in [-0.3, -0.25) is 4.40 Å². The first-order valence-electron chi connectivity index (χ1n) is 8.00. The predicted octanol–water partition coefficient (Wildman–Crippen LogP) is 6.22. The lowest BCUT2D eigenvalue weighted by atomic mass is 10.1. The molecule has 0 aliphatic heterocycles. The Morgan fingerprint density at radius 2 is 2.00 bits per heavy atom. The smallest absolute Gasteiger partial charge is 0.154 e. The molecule has 0 spiro atoms. The molecule has 3 aromatic heterocycles. The van der Waals surface area contributed by atoms with Gasteiger partial charge in [0.05, 0.1) is 12.0 Å². The van der Waals surface area contributed by atoms with Crippen LogP contribution in [0.2, 0.25) is 5.02 Å². The summed E-state index contributed by atoms with van der Waals surface area (Å²) in [6.07, 6.45) is 2.39. The summed E-state index contributed by atoms with van der Waals surface area (Å²) >= 11 is 9.87. The fourth-order valence-electron chi connectivity index (χ4n) is 3.20. The van der Waals surface area contributed by atoms with Gasteiger partial charge in [-0.1, -0.05) is 23.7 Å². The zero-order chi connectivity index (χ0) is 17.6. The minimum Gasteiger partial charge on any atom is -0.463 e. The summed E-state index contributed by atoms with van der Waals surface area (Å²) < 4.78 is 8.92. The van der Waals surface area contributed by atoms with Gasteiger partial charge in [-0.15, -0.1) is 0 Å². The van der Waals surface area contributed by atoms with Crippen molar-refractivity contribution in [3.05, 3.63) is 80.7 Å². The molecule has 1 aromatic carbocycles. The van der Waals surface area contributed by atoms with E-state index in [1.807, 2.05) is 30.3 Å². The highest BCUT2D eigenvalue weighted by atomic mass is 79.9. The standard InChI is InChI=1S/C20H16BrClN2O/c1-12-9-18-23-20(17-7-4-8-25-17)16(24(18)13(2)19(12)21)11-14-5-3-6-15(22)10-14/h3-10H,11H2,1-2H3. The molecule has 0 saturated carbocycles. The van der Waals surface area contributed by atoms with Crippen LogP contribution in [0.5, 0.6) is 0 Å². The maximum atomic E-state index is 6.17. The molecule has 0 atom stereocenters. The summed E-state index contributed by atoms with van der Waals surface area (Å²) in [5.41, 5.74) is 6.29. The number of aryl methyl sites for hydroxylation is 2. The van der Waals surface area contributed by atoms with Crippen LogP contribution in [0.3, 0.4) is 0 Å². The zero-order valence-corrected chi connectivity index (χ0v) is 16.2. The number of halogens is 2. The molecular weight excluding hydrogens is 400 g/mol. The number of rotatable bonds is 3. The molecule has 0 N–H and O–H groups in total. The van der Waals surface area contributed by atoms with Crippen molar-refractivity contribution in [2.45, 2.75) is 20.3 Å². The first kappa shape index (κ1) is 16.4. The molecule has 0 saturated heterocycles. The molecule has 4 rings (SSSR count). The van der Waals surface area contributed by atoms with E-state index in [9.17, 15) is 0 Å². The van der Waals surface area contributed by atoms with Crippen molar-refractivity contribution in [1.29, 1.82) is 0 Å². The fraction of sp³-hybridized carbons (Fsp3) is 0.150. The van der Waals surface area contributed by atoms with Crippen LogP contribution in [0.1, 0.15) is 22.5 Å². The van der Waals surface area contributed by atoms with Crippen molar-refractivity contribution in [3.8, 4) is 11.5 Å². The molecule has 4 aromatic rings. The summed E-state index contributed by atoms with van der Waals surface area (Å²) in [7, 11) is 0. The van der Waals surface area contributed by atoms with Gasteiger partial charge in [-0.25, -0.2) is 4.98 Å². The molecule has 0 fully saturated rings. The Balaban J connectivity index is 1.99. The third-order valence-corrected chi connectivity index (χ3v) is 5.79. The molecule has 0 amide bonds. The van der Waals surface area contributed by atoms with Crippen molar-refractivity contribution in [1.82, 2.24) is 9.38 Å². The van der Waals surface area contributed by atoms with Crippen molar-refractivity contribution in [3.63, 3.8) is 0 Å². The number of hydrogen-bond acceptors (Lipinski definition) is 2. The lowest BCUT2D eigenvalue weighted by molar-refractivity contribution is 0.579. The van der Waals surface area contributed by atoms with Crippen LogP contribution in [0.15, 0.2) is 57.6 Å². The molecule has 0 unspecified atom stereocenters. The molecule has 5 heteroatoms. The summed E-state index contributed by atoms with van der Waals surface area (Å²) in [6, 6.07) is 13.8. The van der Waals surface area contributed by atoms with E-state index in [0.29, 0.717) is 6.42 Å². The van der Waals surface area contributed by atoms with Gasteiger partial charge >= 0.3 is 0 Å². The van der Waals surface area contributed by atoms with Crippen LogP contribution < -0.4 is 0 Å². The highest BCUT2D eigenvalue weighted by Crippen LogP contribution is 2.31. The van der Waals surface area contributed by atoms with E-state index in [2.05, 4.69) is 46.3 Å². The summed E-state index contributed by atoms with van der Waals surface area (Å²) in [6.45, 7) is 4.17. The van der Waals surface area contributed by atoms with Gasteiger partial charge in [-0.2, -0.15) is 0 Å². The van der Waals surface area contributed by atoms with Gasteiger partial charge in [0, 0.05) is 21.6 Å². The highest BCUT2D eigenvalue weighted by Gasteiger charge is 2.19. The van der Waals surface area contributed by atoms with Crippen molar-refractivity contribution >= 4 is 33.2 Å². The van der Waals surface area contributed by atoms with E-state index in [0.717, 1.165) is 49.1 Å². The second-order valence-electron chi connectivity index (χ2n) is 6.11. The second kappa shape index (κ2) is 6.36. The van der Waals surface area contributed by atoms with Gasteiger partial charge in [0.15, 0.2) is 5.76 Å². The lowest BCUT2D eigenvalue weighted by Gasteiger charge is -2.11. The van der Waals surface area contributed by atoms with E-state index >= 15 is 0 Å². The quantitative estimate of drug-likeness (QED) is 0.398. The lowest BCUT2D eigenvalue weighted by Crippen LogP contribution is -2.01. The molecule has 0 aliphatic rings. The Kier molecular flexibility index (Phi) is 4.18. The third kappa shape index (κ3) is 2.90. The summed E-state index contributed by atoms with van der Waals surface area (Å²) in [5.74, 6) is 0.772. The first-order chi connectivity index (χ1) is 12.0. The van der Waals surface area contributed by atoms with Crippen LogP contribution in [0, 0.1) is 13.8 Å². The monoisotopic (exact) mass is 414 g/mol. The van der Waals surface area contributed by atoms with E-state index in [-0.39, 0.29) is 0 Å². The van der Waals surface area contributed by atoms with Crippen molar-refractivity contribution in [2.24, 2.45) is 0 Å². The molecular formula is C20H16BrClN2O. The first-order valence-corrected chi connectivity index (χ1v) is 9.17. The Morgan fingerprint density at radius 3 is 2.72 bits per heavy atom. The minimum absolute atomic E-state index is 0.716. The largest absolute Gasteiger partial charge is 0.463 e. The van der Waals surface area contributed by atoms with E-state index in [1.54, 1.807) is 6.26 Å². The average Bonchev–Trinajstić information content (AvgIpc) is 3.21.